The highest BCUT2D eigenvalue weighted by Gasteiger charge is 2.36. The molecule has 1 amide bonds. The largest absolute Gasteiger partial charge is 0.475 e. The summed E-state index contributed by atoms with van der Waals surface area (Å²) in [5, 5.41) is 0.670. The van der Waals surface area contributed by atoms with Crippen LogP contribution >= 0.6 is 23.2 Å². The second kappa shape index (κ2) is 11.1. The number of fused-ring (bicyclic) bond motifs is 1. The van der Waals surface area contributed by atoms with Crippen molar-refractivity contribution in [3.8, 4) is 5.75 Å². The number of carbonyl (C=O) groups excluding carboxylic acids is 2. The van der Waals surface area contributed by atoms with Crippen LogP contribution in [-0.2, 0) is 30.9 Å². The van der Waals surface area contributed by atoms with Gasteiger partial charge in [0.15, 0.2) is 0 Å². The molecule has 0 aromatic heterocycles. The number of carbonyl (C=O) groups is 2. The number of sulfonamides is 1. The van der Waals surface area contributed by atoms with Crippen molar-refractivity contribution in [3.05, 3.63) is 87.9 Å². The molecule has 1 aliphatic heterocycles. The number of hydrogen-bond donors (Lipinski definition) is 0. The number of para-hydroxylation sites is 2. The lowest BCUT2D eigenvalue weighted by Crippen LogP contribution is -2.50. The van der Waals surface area contributed by atoms with E-state index >= 15 is 0 Å². The monoisotopic (exact) mass is 562 g/mol. The number of methoxy groups -OCH3 is 1. The van der Waals surface area contributed by atoms with Crippen LogP contribution in [0.2, 0.25) is 10.0 Å². The van der Waals surface area contributed by atoms with Crippen LogP contribution in [0.4, 0.5) is 5.69 Å². The van der Waals surface area contributed by atoms with Gasteiger partial charge in [0.1, 0.15) is 5.75 Å². The number of anilines is 1. The van der Waals surface area contributed by atoms with Crippen LogP contribution in [0.1, 0.15) is 11.1 Å². The highest BCUT2D eigenvalue weighted by Crippen LogP contribution is 2.34. The lowest BCUT2D eigenvalue weighted by Gasteiger charge is -2.34. The van der Waals surface area contributed by atoms with Crippen LogP contribution in [0.5, 0.6) is 5.75 Å². The van der Waals surface area contributed by atoms with Gasteiger partial charge in [-0.3, -0.25) is 4.79 Å². The summed E-state index contributed by atoms with van der Waals surface area (Å²) in [7, 11) is -2.89. The summed E-state index contributed by atoms with van der Waals surface area (Å²) in [6, 6.07) is 17.8. The zero-order valence-electron chi connectivity index (χ0n) is 20.1. The number of aryl methyl sites for hydroxylation is 1. The van der Waals surface area contributed by atoms with Gasteiger partial charge >= 0.3 is 5.97 Å². The molecule has 0 spiro atoms. The molecule has 8 nitrogen and oxygen atoms in total. The van der Waals surface area contributed by atoms with Gasteiger partial charge < -0.3 is 14.4 Å². The first kappa shape index (κ1) is 26.9. The Balaban J connectivity index is 1.70. The van der Waals surface area contributed by atoms with E-state index in [0.29, 0.717) is 22.0 Å². The van der Waals surface area contributed by atoms with Crippen molar-refractivity contribution in [2.24, 2.45) is 0 Å². The molecule has 37 heavy (non-hydrogen) atoms. The number of halogens is 2. The van der Waals surface area contributed by atoms with Crippen molar-refractivity contribution in [3.63, 3.8) is 0 Å². The van der Waals surface area contributed by atoms with Crippen LogP contribution in [-0.4, -0.2) is 50.9 Å². The van der Waals surface area contributed by atoms with E-state index in [1.165, 1.54) is 30.2 Å². The van der Waals surface area contributed by atoms with E-state index in [4.69, 9.17) is 32.7 Å². The third-order valence-corrected chi connectivity index (χ3v) is 8.26. The lowest BCUT2D eigenvalue weighted by atomic mass is 10.1. The Hall–Kier alpha value is -3.11. The quantitative estimate of drug-likeness (QED) is 0.395. The van der Waals surface area contributed by atoms with E-state index in [-0.39, 0.29) is 23.0 Å². The number of amides is 1. The number of benzene rings is 3. The van der Waals surface area contributed by atoms with Gasteiger partial charge in [-0.2, -0.15) is 4.31 Å². The SMILES string of the molecule is COC(=O)C1CN(C(=O)CN(Cc2ccc(Cl)cc2Cl)S(=O)(=O)c2ccc(C)cc2)c2ccccc2O1. The Bertz CT molecular complexity index is 1430. The summed E-state index contributed by atoms with van der Waals surface area (Å²) in [5.74, 6) is -0.888. The normalized spacial score (nSPS) is 15.2. The van der Waals surface area contributed by atoms with Crippen LogP contribution < -0.4 is 9.64 Å². The van der Waals surface area contributed by atoms with Crippen molar-refractivity contribution in [2.75, 3.05) is 25.1 Å². The van der Waals surface area contributed by atoms with Gasteiger partial charge in [0.25, 0.3) is 0 Å². The van der Waals surface area contributed by atoms with E-state index in [9.17, 15) is 18.0 Å². The molecule has 3 aromatic carbocycles. The second-order valence-corrected chi connectivity index (χ2v) is 11.2. The van der Waals surface area contributed by atoms with Gasteiger partial charge in [-0.15, -0.1) is 0 Å². The number of nitrogens with zero attached hydrogens (tertiary/aromatic N) is 2. The molecular weight excluding hydrogens is 539 g/mol. The minimum absolute atomic E-state index is 0.0331. The fourth-order valence-corrected chi connectivity index (χ4v) is 5.72. The van der Waals surface area contributed by atoms with Crippen LogP contribution in [0.25, 0.3) is 0 Å². The maximum Gasteiger partial charge on any atom is 0.348 e. The topological polar surface area (TPSA) is 93.2 Å². The molecule has 0 bridgehead atoms. The molecule has 0 saturated heterocycles. The molecule has 11 heteroatoms. The summed E-state index contributed by atoms with van der Waals surface area (Å²) >= 11 is 12.4. The van der Waals surface area contributed by atoms with Crippen LogP contribution in [0, 0.1) is 6.92 Å². The van der Waals surface area contributed by atoms with Gasteiger partial charge in [-0.05, 0) is 48.9 Å². The zero-order chi connectivity index (χ0) is 26.7. The maximum atomic E-state index is 13.7. The summed E-state index contributed by atoms with van der Waals surface area (Å²) in [5.41, 5.74) is 1.79. The Labute approximate surface area is 225 Å². The minimum Gasteiger partial charge on any atom is -0.475 e. The standard InChI is InChI=1S/C26H24Cl2N2O6S/c1-17-7-11-20(12-8-17)37(33,34)29(14-18-9-10-19(27)13-21(18)28)16-25(31)30-15-24(26(32)35-2)36-23-6-4-3-5-22(23)30/h3-13,24H,14-16H2,1-2H3. The highest BCUT2D eigenvalue weighted by molar-refractivity contribution is 7.89. The Morgan fingerprint density at radius 1 is 1.08 bits per heavy atom. The predicted octanol–water partition coefficient (Wildman–Crippen LogP) is 4.46. The summed E-state index contributed by atoms with van der Waals surface area (Å²) in [4.78, 5) is 27.2. The summed E-state index contributed by atoms with van der Waals surface area (Å²) in [6.45, 7) is 1.02. The van der Waals surface area contributed by atoms with Crippen molar-refractivity contribution in [2.45, 2.75) is 24.5 Å². The number of ether oxygens (including phenoxy) is 2. The third kappa shape index (κ3) is 5.91. The molecule has 1 unspecified atom stereocenters. The molecule has 1 aliphatic rings. The fraction of sp³-hybridized carbons (Fsp3) is 0.231. The summed E-state index contributed by atoms with van der Waals surface area (Å²) < 4.78 is 39.0. The Morgan fingerprint density at radius 3 is 2.46 bits per heavy atom. The van der Waals surface area contributed by atoms with Crippen LogP contribution in [0.3, 0.4) is 0 Å². The zero-order valence-corrected chi connectivity index (χ0v) is 22.4. The molecular formula is C26H24Cl2N2O6S. The van der Waals surface area contributed by atoms with Crippen molar-refractivity contribution < 1.29 is 27.5 Å². The Morgan fingerprint density at radius 2 is 1.78 bits per heavy atom. The number of esters is 1. The first-order valence-electron chi connectivity index (χ1n) is 11.2. The summed E-state index contributed by atoms with van der Waals surface area (Å²) in [6.07, 6.45) is -1.06. The second-order valence-electron chi connectivity index (χ2n) is 8.42. The van der Waals surface area contributed by atoms with Gasteiger partial charge in [-0.25, -0.2) is 13.2 Å². The van der Waals surface area contributed by atoms with Crippen molar-refractivity contribution >= 4 is 50.8 Å². The molecule has 0 fully saturated rings. The molecule has 3 aromatic rings. The molecule has 194 valence electrons. The first-order valence-corrected chi connectivity index (χ1v) is 13.4. The average Bonchev–Trinajstić information content (AvgIpc) is 2.88. The van der Waals surface area contributed by atoms with Gasteiger partial charge in [0.2, 0.25) is 22.0 Å². The molecule has 1 atom stereocenters. The molecule has 0 saturated carbocycles. The van der Waals surface area contributed by atoms with Crippen LogP contribution in [0.15, 0.2) is 71.6 Å². The average molecular weight is 563 g/mol. The molecule has 4 rings (SSSR count). The van der Waals surface area contributed by atoms with Crippen molar-refractivity contribution in [1.82, 2.24) is 4.31 Å². The molecule has 0 radical (unpaired) electrons. The minimum atomic E-state index is -4.12. The van der Waals surface area contributed by atoms with Gasteiger partial charge in [-0.1, -0.05) is 59.1 Å². The van der Waals surface area contributed by atoms with Crippen molar-refractivity contribution in [1.29, 1.82) is 0 Å². The fourth-order valence-electron chi connectivity index (χ4n) is 3.89. The van der Waals surface area contributed by atoms with Gasteiger partial charge in [0, 0.05) is 16.6 Å². The third-order valence-electron chi connectivity index (χ3n) is 5.87. The van der Waals surface area contributed by atoms with E-state index in [1.807, 2.05) is 6.92 Å². The van der Waals surface area contributed by atoms with E-state index in [0.717, 1.165) is 9.87 Å². The maximum absolute atomic E-state index is 13.7. The Kier molecular flexibility index (Phi) is 8.08. The molecule has 0 aliphatic carbocycles. The highest BCUT2D eigenvalue weighted by atomic mass is 35.5. The first-order chi connectivity index (χ1) is 17.6. The smallest absolute Gasteiger partial charge is 0.348 e. The number of rotatable bonds is 7. The lowest BCUT2D eigenvalue weighted by molar-refractivity contribution is -0.148. The predicted molar refractivity (Wildman–Crippen MR) is 140 cm³/mol. The van der Waals surface area contributed by atoms with E-state index in [2.05, 4.69) is 0 Å². The molecule has 0 N–H and O–H groups in total. The van der Waals surface area contributed by atoms with E-state index in [1.54, 1.807) is 48.5 Å². The van der Waals surface area contributed by atoms with Gasteiger partial charge in [0.05, 0.1) is 30.8 Å². The number of hydrogen-bond acceptors (Lipinski definition) is 6. The molecule has 1 heterocycles. The van der Waals surface area contributed by atoms with E-state index < -0.39 is 34.5 Å².